The van der Waals surface area contributed by atoms with Gasteiger partial charge in [0.25, 0.3) is 0 Å². The van der Waals surface area contributed by atoms with Crippen LogP contribution in [0, 0.1) is 0 Å². The normalized spacial score (nSPS) is 19.9. The molecule has 1 fully saturated rings. The number of nitrogens with one attached hydrogen (secondary N) is 1. The minimum atomic E-state index is -0.0374. The van der Waals surface area contributed by atoms with Gasteiger partial charge in [-0.05, 0) is 18.6 Å². The van der Waals surface area contributed by atoms with Crippen molar-refractivity contribution in [3.63, 3.8) is 0 Å². The smallest absolute Gasteiger partial charge is 0.238 e. The third-order valence-electron chi connectivity index (χ3n) is 3.16. The fraction of sp³-hybridized carbons (Fsp3) is 0.462. The molecule has 1 saturated heterocycles. The lowest BCUT2D eigenvalue weighted by Gasteiger charge is -2.15. The predicted molar refractivity (Wildman–Crippen MR) is 71.3 cm³/mol. The number of carbonyl (C=O) groups is 1. The van der Waals surface area contributed by atoms with Crippen LogP contribution < -0.4 is 11.1 Å². The highest BCUT2D eigenvalue weighted by atomic mass is 16.5. The van der Waals surface area contributed by atoms with Crippen LogP contribution in [0.1, 0.15) is 6.42 Å². The number of methoxy groups -OCH3 is 1. The summed E-state index contributed by atoms with van der Waals surface area (Å²) in [5.74, 6) is -0.0374. The van der Waals surface area contributed by atoms with E-state index >= 15 is 0 Å². The topological polar surface area (TPSA) is 67.6 Å². The lowest BCUT2D eigenvalue weighted by atomic mass is 10.2. The Morgan fingerprint density at radius 2 is 2.33 bits per heavy atom. The summed E-state index contributed by atoms with van der Waals surface area (Å²) in [4.78, 5) is 14.0. The minimum absolute atomic E-state index is 0.0374. The molecule has 0 saturated carbocycles. The first-order valence-electron chi connectivity index (χ1n) is 6.08. The molecule has 2 rings (SSSR count). The van der Waals surface area contributed by atoms with Crippen molar-refractivity contribution in [1.82, 2.24) is 4.90 Å². The van der Waals surface area contributed by atoms with Crippen LogP contribution >= 0.6 is 0 Å². The maximum atomic E-state index is 11.9. The van der Waals surface area contributed by atoms with Crippen molar-refractivity contribution in [2.24, 2.45) is 0 Å². The van der Waals surface area contributed by atoms with Gasteiger partial charge in [-0.25, -0.2) is 0 Å². The summed E-state index contributed by atoms with van der Waals surface area (Å²) in [6.07, 6.45) is 1.23. The zero-order valence-electron chi connectivity index (χ0n) is 10.6. The molecule has 0 aromatic heterocycles. The molecule has 0 radical (unpaired) electrons. The summed E-state index contributed by atoms with van der Waals surface area (Å²) < 4.78 is 5.27. The number of ether oxygens (including phenoxy) is 1. The van der Waals surface area contributed by atoms with Crippen LogP contribution in [-0.2, 0) is 9.53 Å². The number of rotatable bonds is 4. The molecule has 5 heteroatoms. The first kappa shape index (κ1) is 12.9. The third-order valence-corrected chi connectivity index (χ3v) is 3.16. The monoisotopic (exact) mass is 249 g/mol. The highest BCUT2D eigenvalue weighted by molar-refractivity contribution is 5.95. The van der Waals surface area contributed by atoms with Crippen LogP contribution in [0.5, 0.6) is 0 Å². The summed E-state index contributed by atoms with van der Waals surface area (Å²) in [5.41, 5.74) is 7.03. The fourth-order valence-electron chi connectivity index (χ4n) is 2.14. The van der Waals surface area contributed by atoms with Crippen molar-refractivity contribution in [1.29, 1.82) is 0 Å². The van der Waals surface area contributed by atoms with Crippen LogP contribution in [0.3, 0.4) is 0 Å². The SMILES string of the molecule is COC1CCN(CC(=O)Nc2ccccc2N)C1. The number of nitrogen functional groups attached to an aromatic ring is 1. The Hall–Kier alpha value is -1.59. The first-order valence-corrected chi connectivity index (χ1v) is 6.08. The van der Waals surface area contributed by atoms with Gasteiger partial charge < -0.3 is 15.8 Å². The lowest BCUT2D eigenvalue weighted by molar-refractivity contribution is -0.117. The second-order valence-electron chi connectivity index (χ2n) is 4.52. The maximum absolute atomic E-state index is 11.9. The second kappa shape index (κ2) is 5.84. The van der Waals surface area contributed by atoms with Gasteiger partial charge in [-0.3, -0.25) is 9.69 Å². The van der Waals surface area contributed by atoms with E-state index < -0.39 is 0 Å². The molecule has 1 aliphatic heterocycles. The van der Waals surface area contributed by atoms with Crippen molar-refractivity contribution >= 4 is 17.3 Å². The van der Waals surface area contributed by atoms with E-state index in [0.29, 0.717) is 17.9 Å². The second-order valence-corrected chi connectivity index (χ2v) is 4.52. The summed E-state index contributed by atoms with van der Waals surface area (Å²) >= 11 is 0. The molecule has 3 N–H and O–H groups in total. The molecule has 1 unspecified atom stereocenters. The third kappa shape index (κ3) is 3.21. The van der Waals surface area contributed by atoms with E-state index in [1.54, 1.807) is 19.2 Å². The Bertz CT molecular complexity index is 422. The largest absolute Gasteiger partial charge is 0.397 e. The van der Waals surface area contributed by atoms with Crippen LogP contribution in [0.2, 0.25) is 0 Å². The Kier molecular flexibility index (Phi) is 4.17. The van der Waals surface area contributed by atoms with Crippen LogP contribution in [-0.4, -0.2) is 43.7 Å². The number of amides is 1. The number of para-hydroxylation sites is 2. The fourth-order valence-corrected chi connectivity index (χ4v) is 2.14. The Labute approximate surface area is 107 Å². The lowest BCUT2D eigenvalue weighted by Crippen LogP contribution is -2.32. The first-order chi connectivity index (χ1) is 8.69. The van der Waals surface area contributed by atoms with E-state index in [1.807, 2.05) is 12.1 Å². The van der Waals surface area contributed by atoms with Gasteiger partial charge in [-0.15, -0.1) is 0 Å². The molecule has 18 heavy (non-hydrogen) atoms. The Morgan fingerprint density at radius 3 is 3.00 bits per heavy atom. The molecule has 5 nitrogen and oxygen atoms in total. The van der Waals surface area contributed by atoms with E-state index in [1.165, 1.54) is 0 Å². The average molecular weight is 249 g/mol. The van der Waals surface area contributed by atoms with Gasteiger partial charge in [0.05, 0.1) is 24.0 Å². The Morgan fingerprint density at radius 1 is 1.56 bits per heavy atom. The molecule has 0 spiro atoms. The highest BCUT2D eigenvalue weighted by Gasteiger charge is 2.23. The van der Waals surface area contributed by atoms with Gasteiger partial charge in [0.2, 0.25) is 5.91 Å². The molecule has 1 heterocycles. The van der Waals surface area contributed by atoms with Gasteiger partial charge in [-0.1, -0.05) is 12.1 Å². The number of nitrogens with two attached hydrogens (primary N) is 1. The number of hydrogen-bond donors (Lipinski definition) is 2. The summed E-state index contributed by atoms with van der Waals surface area (Å²) in [6, 6.07) is 7.26. The number of nitrogens with zero attached hydrogens (tertiary/aromatic N) is 1. The van der Waals surface area contributed by atoms with E-state index in [0.717, 1.165) is 19.5 Å². The number of benzene rings is 1. The van der Waals surface area contributed by atoms with Crippen molar-refractivity contribution in [2.45, 2.75) is 12.5 Å². The van der Waals surface area contributed by atoms with Crippen molar-refractivity contribution in [3.8, 4) is 0 Å². The zero-order chi connectivity index (χ0) is 13.0. The standard InChI is InChI=1S/C13H19N3O2/c1-18-10-6-7-16(8-10)9-13(17)15-12-5-3-2-4-11(12)14/h2-5,10H,6-9,14H2,1H3,(H,15,17). The quantitative estimate of drug-likeness (QED) is 0.779. The minimum Gasteiger partial charge on any atom is -0.397 e. The molecule has 1 aromatic carbocycles. The van der Waals surface area contributed by atoms with Crippen LogP contribution in [0.25, 0.3) is 0 Å². The summed E-state index contributed by atoms with van der Waals surface area (Å²) in [7, 11) is 1.71. The van der Waals surface area contributed by atoms with Crippen LogP contribution in [0.4, 0.5) is 11.4 Å². The number of carbonyl (C=O) groups excluding carboxylic acids is 1. The molecular weight excluding hydrogens is 230 g/mol. The maximum Gasteiger partial charge on any atom is 0.238 e. The molecule has 0 bridgehead atoms. The van der Waals surface area contributed by atoms with Gasteiger partial charge in [0.15, 0.2) is 0 Å². The van der Waals surface area contributed by atoms with E-state index in [-0.39, 0.29) is 12.0 Å². The Balaban J connectivity index is 1.84. The summed E-state index contributed by atoms with van der Waals surface area (Å²) in [5, 5.41) is 2.82. The molecule has 1 aliphatic rings. The number of anilines is 2. The van der Waals surface area contributed by atoms with E-state index in [2.05, 4.69) is 10.2 Å². The van der Waals surface area contributed by atoms with E-state index in [9.17, 15) is 4.79 Å². The predicted octanol–water partition coefficient (Wildman–Crippen LogP) is 0.928. The number of hydrogen-bond acceptors (Lipinski definition) is 4. The van der Waals surface area contributed by atoms with Crippen LogP contribution in [0.15, 0.2) is 24.3 Å². The van der Waals surface area contributed by atoms with E-state index in [4.69, 9.17) is 10.5 Å². The molecular formula is C13H19N3O2. The molecule has 98 valence electrons. The van der Waals surface area contributed by atoms with Gasteiger partial charge in [0, 0.05) is 20.2 Å². The van der Waals surface area contributed by atoms with Crippen molar-refractivity contribution in [3.05, 3.63) is 24.3 Å². The molecule has 1 amide bonds. The molecule has 0 aliphatic carbocycles. The number of likely N-dealkylation sites (tertiary alicyclic amines) is 1. The van der Waals surface area contributed by atoms with Gasteiger partial charge in [0.1, 0.15) is 0 Å². The highest BCUT2D eigenvalue weighted by Crippen LogP contribution is 2.17. The zero-order valence-corrected chi connectivity index (χ0v) is 10.6. The van der Waals surface area contributed by atoms with Crippen molar-refractivity contribution < 1.29 is 9.53 Å². The van der Waals surface area contributed by atoms with Gasteiger partial charge >= 0.3 is 0 Å². The van der Waals surface area contributed by atoms with Gasteiger partial charge in [-0.2, -0.15) is 0 Å². The average Bonchev–Trinajstić information content (AvgIpc) is 2.80. The summed E-state index contributed by atoms with van der Waals surface area (Å²) in [6.45, 7) is 2.10. The molecule has 1 aromatic rings. The van der Waals surface area contributed by atoms with Crippen molar-refractivity contribution in [2.75, 3.05) is 37.8 Å². The molecule has 1 atom stereocenters.